The quantitative estimate of drug-likeness (QED) is 0.510. The molecule has 0 spiro atoms. The van der Waals surface area contributed by atoms with Crippen LogP contribution in [0.5, 0.6) is 0 Å². The minimum Gasteiger partial charge on any atom is -0.454 e. The van der Waals surface area contributed by atoms with Crippen LogP contribution in [0.4, 0.5) is 21.9 Å². The van der Waals surface area contributed by atoms with Gasteiger partial charge in [0.15, 0.2) is 6.61 Å². The molecule has 2 aromatic carbocycles. The lowest BCUT2D eigenvalue weighted by Crippen LogP contribution is -2.43. The van der Waals surface area contributed by atoms with Crippen molar-refractivity contribution in [1.29, 1.82) is 0 Å². The SMILES string of the molecule is C[C@H](NC(N)=O)C(=O)OCC(=O)Nc1ccc(N=Nc2ccccc2)cc1. The predicted molar refractivity (Wildman–Crippen MR) is 98.8 cm³/mol. The average Bonchev–Trinajstić information content (AvgIpc) is 2.66. The number of carbonyl (C=O) groups is 3. The Balaban J connectivity index is 1.81. The molecule has 0 unspecified atom stereocenters. The molecule has 27 heavy (non-hydrogen) atoms. The number of azo groups is 1. The summed E-state index contributed by atoms with van der Waals surface area (Å²) in [4.78, 5) is 34.0. The Morgan fingerprint density at radius 1 is 1.00 bits per heavy atom. The zero-order chi connectivity index (χ0) is 19.6. The van der Waals surface area contributed by atoms with E-state index in [4.69, 9.17) is 10.5 Å². The lowest BCUT2D eigenvalue weighted by atomic mass is 10.3. The second-order valence-electron chi connectivity index (χ2n) is 5.47. The van der Waals surface area contributed by atoms with E-state index in [1.807, 2.05) is 30.3 Å². The standard InChI is InChI=1S/C18H19N5O4/c1-12(20-18(19)26)17(25)27-11-16(24)21-13-7-9-15(10-8-13)23-22-14-5-3-2-4-6-14/h2-10,12H,11H2,1H3,(H,21,24)(H3,19,20,26)/t12-/m0/s1. The molecule has 0 aliphatic heterocycles. The van der Waals surface area contributed by atoms with Gasteiger partial charge in [-0.2, -0.15) is 10.2 Å². The van der Waals surface area contributed by atoms with Gasteiger partial charge in [0.2, 0.25) is 0 Å². The summed E-state index contributed by atoms with van der Waals surface area (Å²) in [6.07, 6.45) is 0. The van der Waals surface area contributed by atoms with Gasteiger partial charge in [-0.25, -0.2) is 9.59 Å². The number of hydrogen-bond acceptors (Lipinski definition) is 6. The minimum atomic E-state index is -0.940. The highest BCUT2D eigenvalue weighted by Crippen LogP contribution is 2.19. The number of urea groups is 1. The van der Waals surface area contributed by atoms with Crippen molar-refractivity contribution >= 4 is 35.0 Å². The molecule has 0 heterocycles. The molecule has 140 valence electrons. The number of rotatable bonds is 7. The van der Waals surface area contributed by atoms with E-state index >= 15 is 0 Å². The summed E-state index contributed by atoms with van der Waals surface area (Å²) in [5.74, 6) is -1.28. The number of anilines is 1. The third-order valence-corrected chi connectivity index (χ3v) is 3.25. The molecule has 0 aliphatic rings. The number of primary amides is 1. The lowest BCUT2D eigenvalue weighted by Gasteiger charge is -2.11. The van der Waals surface area contributed by atoms with Crippen molar-refractivity contribution in [3.8, 4) is 0 Å². The lowest BCUT2D eigenvalue weighted by molar-refractivity contribution is -0.148. The minimum absolute atomic E-state index is 0.487. The van der Waals surface area contributed by atoms with E-state index in [-0.39, 0.29) is 0 Å². The Labute approximate surface area is 155 Å². The van der Waals surface area contributed by atoms with Gasteiger partial charge in [-0.1, -0.05) is 18.2 Å². The molecule has 0 saturated heterocycles. The molecule has 1 atom stereocenters. The maximum atomic E-state index is 11.8. The van der Waals surface area contributed by atoms with E-state index in [1.165, 1.54) is 6.92 Å². The topological polar surface area (TPSA) is 135 Å². The molecule has 2 aromatic rings. The van der Waals surface area contributed by atoms with Crippen LogP contribution in [0.2, 0.25) is 0 Å². The fourth-order valence-electron chi connectivity index (χ4n) is 1.95. The van der Waals surface area contributed by atoms with Gasteiger partial charge in [-0.05, 0) is 43.3 Å². The Morgan fingerprint density at radius 2 is 1.59 bits per heavy atom. The third-order valence-electron chi connectivity index (χ3n) is 3.25. The predicted octanol–water partition coefficient (Wildman–Crippen LogP) is 2.64. The first kappa shape index (κ1) is 19.6. The molecule has 0 aliphatic carbocycles. The third kappa shape index (κ3) is 6.94. The van der Waals surface area contributed by atoms with Gasteiger partial charge in [-0.3, -0.25) is 4.79 Å². The monoisotopic (exact) mass is 369 g/mol. The van der Waals surface area contributed by atoms with Gasteiger partial charge in [-0.15, -0.1) is 0 Å². The molecular weight excluding hydrogens is 350 g/mol. The van der Waals surface area contributed by atoms with Crippen molar-refractivity contribution in [3.63, 3.8) is 0 Å². The van der Waals surface area contributed by atoms with Crippen LogP contribution >= 0.6 is 0 Å². The zero-order valence-corrected chi connectivity index (χ0v) is 14.6. The Morgan fingerprint density at radius 3 is 2.19 bits per heavy atom. The number of ether oxygens (including phenoxy) is 1. The Kier molecular flexibility index (Phi) is 7.00. The molecule has 0 aromatic heterocycles. The van der Waals surface area contributed by atoms with E-state index in [0.717, 1.165) is 5.69 Å². The van der Waals surface area contributed by atoms with Gasteiger partial charge in [0.25, 0.3) is 5.91 Å². The van der Waals surface area contributed by atoms with Crippen LogP contribution in [-0.2, 0) is 14.3 Å². The van der Waals surface area contributed by atoms with Crippen LogP contribution < -0.4 is 16.4 Å². The van der Waals surface area contributed by atoms with Crippen molar-refractivity contribution < 1.29 is 19.1 Å². The van der Waals surface area contributed by atoms with Crippen LogP contribution in [0.1, 0.15) is 6.92 Å². The van der Waals surface area contributed by atoms with Gasteiger partial charge in [0.05, 0.1) is 11.4 Å². The van der Waals surface area contributed by atoms with E-state index in [1.54, 1.807) is 24.3 Å². The van der Waals surface area contributed by atoms with Crippen LogP contribution in [-0.4, -0.2) is 30.6 Å². The van der Waals surface area contributed by atoms with Crippen molar-refractivity contribution in [2.75, 3.05) is 11.9 Å². The fourth-order valence-corrected chi connectivity index (χ4v) is 1.95. The van der Waals surface area contributed by atoms with Crippen LogP contribution in [0.25, 0.3) is 0 Å². The van der Waals surface area contributed by atoms with Crippen molar-refractivity contribution in [2.45, 2.75) is 13.0 Å². The summed E-state index contributed by atoms with van der Waals surface area (Å²) in [6, 6.07) is 14.2. The number of esters is 1. The normalized spacial score (nSPS) is 11.6. The van der Waals surface area contributed by atoms with Crippen molar-refractivity contribution in [3.05, 3.63) is 54.6 Å². The number of carbonyl (C=O) groups excluding carboxylic acids is 3. The number of nitrogens with one attached hydrogen (secondary N) is 2. The highest BCUT2D eigenvalue weighted by atomic mass is 16.5. The molecule has 0 bridgehead atoms. The van der Waals surface area contributed by atoms with Crippen molar-refractivity contribution in [2.24, 2.45) is 16.0 Å². The first-order chi connectivity index (χ1) is 12.9. The molecule has 4 N–H and O–H groups in total. The van der Waals surface area contributed by atoms with E-state index < -0.39 is 30.6 Å². The number of hydrogen-bond donors (Lipinski definition) is 3. The van der Waals surface area contributed by atoms with Crippen LogP contribution in [0, 0.1) is 0 Å². The highest BCUT2D eigenvalue weighted by Gasteiger charge is 2.16. The summed E-state index contributed by atoms with van der Waals surface area (Å²) in [5.41, 5.74) is 6.77. The van der Waals surface area contributed by atoms with E-state index in [2.05, 4.69) is 20.9 Å². The number of nitrogens with two attached hydrogens (primary N) is 1. The maximum Gasteiger partial charge on any atom is 0.328 e. The fraction of sp³-hybridized carbons (Fsp3) is 0.167. The molecule has 0 fully saturated rings. The summed E-state index contributed by atoms with van der Waals surface area (Å²) in [5, 5.41) is 12.9. The second-order valence-corrected chi connectivity index (χ2v) is 5.47. The number of amides is 3. The molecule has 9 heteroatoms. The first-order valence-corrected chi connectivity index (χ1v) is 8.03. The molecule has 2 rings (SSSR count). The smallest absolute Gasteiger partial charge is 0.328 e. The number of benzene rings is 2. The summed E-state index contributed by atoms with van der Waals surface area (Å²) < 4.78 is 4.80. The summed E-state index contributed by atoms with van der Waals surface area (Å²) in [7, 11) is 0. The summed E-state index contributed by atoms with van der Waals surface area (Å²) in [6.45, 7) is 0.910. The van der Waals surface area contributed by atoms with Gasteiger partial charge in [0, 0.05) is 5.69 Å². The molecule has 0 saturated carbocycles. The second kappa shape index (κ2) is 9.66. The zero-order valence-electron chi connectivity index (χ0n) is 14.6. The van der Waals surface area contributed by atoms with Gasteiger partial charge < -0.3 is 21.1 Å². The maximum absolute atomic E-state index is 11.8. The molecular formula is C18H19N5O4. The molecule has 9 nitrogen and oxygen atoms in total. The molecule has 3 amide bonds. The summed E-state index contributed by atoms with van der Waals surface area (Å²) >= 11 is 0. The number of nitrogens with zero attached hydrogens (tertiary/aromatic N) is 2. The van der Waals surface area contributed by atoms with Crippen LogP contribution in [0.15, 0.2) is 64.8 Å². The van der Waals surface area contributed by atoms with Crippen molar-refractivity contribution in [1.82, 2.24) is 5.32 Å². The Bertz CT molecular complexity index is 821. The van der Waals surface area contributed by atoms with Crippen LogP contribution in [0.3, 0.4) is 0 Å². The first-order valence-electron chi connectivity index (χ1n) is 8.03. The van der Waals surface area contributed by atoms with Gasteiger partial charge >= 0.3 is 12.0 Å². The van der Waals surface area contributed by atoms with E-state index in [0.29, 0.717) is 11.4 Å². The van der Waals surface area contributed by atoms with Gasteiger partial charge in [0.1, 0.15) is 6.04 Å². The highest BCUT2D eigenvalue weighted by molar-refractivity contribution is 5.93. The average molecular weight is 369 g/mol. The Hall–Kier alpha value is -3.75. The largest absolute Gasteiger partial charge is 0.454 e. The van der Waals surface area contributed by atoms with E-state index in [9.17, 15) is 14.4 Å². The molecule has 0 radical (unpaired) electrons.